The highest BCUT2D eigenvalue weighted by Gasteiger charge is 2.46. The van der Waals surface area contributed by atoms with Crippen molar-refractivity contribution in [1.29, 1.82) is 0 Å². The normalized spacial score (nSPS) is 18.9. The van der Waals surface area contributed by atoms with Crippen molar-refractivity contribution in [3.8, 4) is 39.1 Å². The smallest absolute Gasteiger partial charge is 0.0541 e. The molecule has 1 heterocycles. The summed E-state index contributed by atoms with van der Waals surface area (Å²) in [6.45, 7) is 4.87. The lowest BCUT2D eigenvalue weighted by Crippen LogP contribution is -2.16. The van der Waals surface area contributed by atoms with Gasteiger partial charge in [-0.05, 0) is 157 Å². The first-order valence-electron chi connectivity index (χ1n) is 20.8. The average molecular weight is 728 g/mol. The highest BCUT2D eigenvalue weighted by molar-refractivity contribution is 6.11. The predicted octanol–water partition coefficient (Wildman–Crippen LogP) is 14.4. The third-order valence-corrected chi connectivity index (χ3v) is 14.2. The van der Waals surface area contributed by atoms with Crippen LogP contribution in [0.3, 0.4) is 0 Å². The molecule has 1 fully saturated rings. The molecule has 0 aliphatic heterocycles. The zero-order chi connectivity index (χ0) is 37.6. The van der Waals surface area contributed by atoms with Gasteiger partial charge in [-0.15, -0.1) is 0 Å². The Hall–Kier alpha value is -6.44. The first-order valence-corrected chi connectivity index (χ1v) is 20.8. The summed E-state index contributed by atoms with van der Waals surface area (Å²) in [7, 11) is 0. The van der Waals surface area contributed by atoms with Gasteiger partial charge >= 0.3 is 0 Å². The van der Waals surface area contributed by atoms with Gasteiger partial charge in [0.15, 0.2) is 0 Å². The molecule has 7 aromatic carbocycles. The topological polar surface area (TPSA) is 4.93 Å². The van der Waals surface area contributed by atoms with Crippen LogP contribution in [0.15, 0.2) is 169 Å². The van der Waals surface area contributed by atoms with Gasteiger partial charge in [0.1, 0.15) is 0 Å². The second-order valence-electron chi connectivity index (χ2n) is 17.5. The summed E-state index contributed by atoms with van der Waals surface area (Å²) in [4.78, 5) is 0. The molecule has 5 aliphatic rings. The maximum absolute atomic E-state index is 2.52. The molecule has 57 heavy (non-hydrogen) atoms. The molecule has 0 bridgehead atoms. The lowest BCUT2D eigenvalue weighted by atomic mass is 9.78. The number of hydrogen-bond donors (Lipinski definition) is 0. The molecule has 2 unspecified atom stereocenters. The van der Waals surface area contributed by atoms with Crippen molar-refractivity contribution >= 4 is 33.0 Å². The fraction of sp³-hybridized carbons (Fsp3) is 0.143. The summed E-state index contributed by atoms with van der Waals surface area (Å²) in [5.74, 6) is 1.26. The fourth-order valence-electron chi connectivity index (χ4n) is 11.5. The molecule has 0 radical (unpaired) electrons. The van der Waals surface area contributed by atoms with E-state index in [1.54, 1.807) is 5.56 Å². The third kappa shape index (κ3) is 4.35. The van der Waals surface area contributed by atoms with Crippen molar-refractivity contribution in [1.82, 2.24) is 4.57 Å². The number of para-hydroxylation sites is 1. The van der Waals surface area contributed by atoms with Crippen molar-refractivity contribution in [2.24, 2.45) is 0 Å². The Morgan fingerprint density at radius 3 is 2.14 bits per heavy atom. The van der Waals surface area contributed by atoms with Crippen LogP contribution in [0.5, 0.6) is 0 Å². The maximum atomic E-state index is 2.52. The van der Waals surface area contributed by atoms with Gasteiger partial charge in [-0.25, -0.2) is 0 Å². The Kier molecular flexibility index (Phi) is 6.31. The van der Waals surface area contributed by atoms with E-state index in [9.17, 15) is 0 Å². The number of benzene rings is 7. The van der Waals surface area contributed by atoms with Crippen LogP contribution >= 0.6 is 0 Å². The molecular weight excluding hydrogens is 687 g/mol. The van der Waals surface area contributed by atoms with Crippen molar-refractivity contribution in [2.45, 2.75) is 50.4 Å². The first kappa shape index (κ1) is 31.7. The van der Waals surface area contributed by atoms with E-state index in [1.165, 1.54) is 117 Å². The van der Waals surface area contributed by atoms with E-state index in [-0.39, 0.29) is 5.41 Å². The summed E-state index contributed by atoms with van der Waals surface area (Å²) >= 11 is 0. The molecule has 1 heteroatoms. The molecule has 1 saturated carbocycles. The van der Waals surface area contributed by atoms with E-state index in [2.05, 4.69) is 182 Å². The quantitative estimate of drug-likeness (QED) is 0.171. The first-order chi connectivity index (χ1) is 28.0. The Morgan fingerprint density at radius 2 is 1.28 bits per heavy atom. The molecule has 1 nitrogen and oxygen atoms in total. The van der Waals surface area contributed by atoms with E-state index < -0.39 is 0 Å². The molecular formula is C56H41N. The van der Waals surface area contributed by atoms with Gasteiger partial charge in [0, 0.05) is 21.9 Å². The van der Waals surface area contributed by atoms with Crippen LogP contribution in [0.4, 0.5) is 0 Å². The number of nitrogens with zero attached hydrogens (tertiary/aromatic N) is 1. The minimum Gasteiger partial charge on any atom is -0.309 e. The van der Waals surface area contributed by atoms with Crippen LogP contribution in [-0.2, 0) is 11.8 Å². The van der Waals surface area contributed by atoms with E-state index in [0.717, 1.165) is 12.8 Å². The number of hydrogen-bond acceptors (Lipinski definition) is 0. The third-order valence-electron chi connectivity index (χ3n) is 14.2. The van der Waals surface area contributed by atoms with Gasteiger partial charge in [0.05, 0.1) is 11.0 Å². The Morgan fingerprint density at radius 1 is 0.561 bits per heavy atom. The Labute approximate surface area is 334 Å². The molecule has 8 aromatic rings. The largest absolute Gasteiger partial charge is 0.309 e. The molecule has 0 spiro atoms. The SMILES string of the molecule is CC1(C)C2=CC=C(c3ccc4c(c3)c3cc(-c5cccc6c5C5CC5c5ccccc5-6)ccc3n4-c3ccccc3)CC=C2c2ccc3c(c21)-c1ccccc1C3. The number of rotatable bonds is 3. The van der Waals surface area contributed by atoms with Crippen molar-refractivity contribution in [2.75, 3.05) is 0 Å². The van der Waals surface area contributed by atoms with Crippen molar-refractivity contribution in [3.05, 3.63) is 208 Å². The molecule has 13 rings (SSSR count). The van der Waals surface area contributed by atoms with Crippen LogP contribution in [-0.4, -0.2) is 4.57 Å². The molecule has 5 aliphatic carbocycles. The Bertz CT molecular complexity index is 3180. The molecule has 2 atom stereocenters. The zero-order valence-electron chi connectivity index (χ0n) is 32.3. The Balaban J connectivity index is 0.955. The minimum atomic E-state index is -0.0848. The van der Waals surface area contributed by atoms with Gasteiger partial charge in [0.25, 0.3) is 0 Å². The molecule has 270 valence electrons. The van der Waals surface area contributed by atoms with Crippen LogP contribution in [0, 0.1) is 0 Å². The summed E-state index contributed by atoms with van der Waals surface area (Å²) in [6, 6.07) is 55.2. The minimum absolute atomic E-state index is 0.0848. The standard InChI is InChI=1S/C56H41N/c1-56(2)50-26-21-33(19-24-43(50)45-25-20-37-29-35-11-6-7-14-39(35)53(37)55(45)56)34-22-27-51-47(30-34)48-31-36(23-28-52(48)57(51)38-12-4-3-5-13-38)40-17-10-18-44-41-15-8-9-16-42(41)46-32-49(46)54(40)44/h3-18,20-28,30-31,46,49H,19,29,32H2,1-2H3. The van der Waals surface area contributed by atoms with Crippen LogP contribution in [0.2, 0.25) is 0 Å². The highest BCUT2D eigenvalue weighted by atomic mass is 15.0. The predicted molar refractivity (Wildman–Crippen MR) is 238 cm³/mol. The summed E-state index contributed by atoms with van der Waals surface area (Å²) in [5, 5.41) is 2.61. The van der Waals surface area contributed by atoms with Crippen LogP contribution < -0.4 is 0 Å². The summed E-state index contributed by atoms with van der Waals surface area (Å²) < 4.78 is 2.46. The van der Waals surface area contributed by atoms with Crippen molar-refractivity contribution < 1.29 is 0 Å². The average Bonchev–Trinajstić information content (AvgIpc) is 3.89. The van der Waals surface area contributed by atoms with Crippen LogP contribution in [0.25, 0.3) is 72.0 Å². The lowest BCUT2D eigenvalue weighted by molar-refractivity contribution is 0.662. The second kappa shape index (κ2) is 11.3. The van der Waals surface area contributed by atoms with Gasteiger partial charge in [-0.3, -0.25) is 0 Å². The number of fused-ring (bicyclic) bond motifs is 16. The zero-order valence-corrected chi connectivity index (χ0v) is 32.3. The van der Waals surface area contributed by atoms with E-state index in [1.807, 2.05) is 0 Å². The van der Waals surface area contributed by atoms with E-state index in [4.69, 9.17) is 0 Å². The fourth-order valence-corrected chi connectivity index (χ4v) is 11.5. The summed E-state index contributed by atoms with van der Waals surface area (Å²) in [6.07, 6.45) is 10.6. The monoisotopic (exact) mass is 727 g/mol. The van der Waals surface area contributed by atoms with Crippen molar-refractivity contribution in [3.63, 3.8) is 0 Å². The second-order valence-corrected chi connectivity index (χ2v) is 17.5. The summed E-state index contributed by atoms with van der Waals surface area (Å²) in [5.41, 5.74) is 26.5. The van der Waals surface area contributed by atoms with Crippen LogP contribution in [0.1, 0.15) is 77.5 Å². The number of allylic oxidation sites excluding steroid dienone is 6. The maximum Gasteiger partial charge on any atom is 0.0541 e. The van der Waals surface area contributed by atoms with Gasteiger partial charge < -0.3 is 4.57 Å². The number of aromatic nitrogens is 1. The molecule has 0 N–H and O–H groups in total. The van der Waals surface area contributed by atoms with E-state index in [0.29, 0.717) is 11.8 Å². The highest BCUT2D eigenvalue weighted by Crippen LogP contribution is 2.64. The van der Waals surface area contributed by atoms with Gasteiger partial charge in [-0.1, -0.05) is 141 Å². The lowest BCUT2D eigenvalue weighted by Gasteiger charge is -2.24. The molecule has 1 aromatic heterocycles. The molecule has 0 amide bonds. The van der Waals surface area contributed by atoms with E-state index >= 15 is 0 Å². The molecule has 0 saturated heterocycles. The van der Waals surface area contributed by atoms with Gasteiger partial charge in [0.2, 0.25) is 0 Å². The van der Waals surface area contributed by atoms with Gasteiger partial charge in [-0.2, -0.15) is 0 Å².